The van der Waals surface area contributed by atoms with Crippen LogP contribution in [-0.4, -0.2) is 55.9 Å². The second-order valence-electron chi connectivity index (χ2n) is 5.82. The predicted octanol–water partition coefficient (Wildman–Crippen LogP) is 2.20. The Bertz CT molecular complexity index is 685. The first kappa shape index (κ1) is 17.4. The number of imidazole rings is 1. The lowest BCUT2D eigenvalue weighted by molar-refractivity contribution is -0.117. The van der Waals surface area contributed by atoms with Crippen molar-refractivity contribution in [2.24, 2.45) is 7.05 Å². The fraction of sp³-hybridized carbons (Fsp3) is 0.600. The van der Waals surface area contributed by atoms with Crippen LogP contribution in [0.4, 0.5) is 5.13 Å². The molecule has 0 spiro atoms. The lowest BCUT2D eigenvalue weighted by Crippen LogP contribution is -2.40. The molecule has 1 atom stereocenters. The van der Waals surface area contributed by atoms with Crippen molar-refractivity contribution in [3.8, 4) is 0 Å². The molecule has 1 aliphatic rings. The van der Waals surface area contributed by atoms with Gasteiger partial charge in [0.15, 0.2) is 4.34 Å². The van der Waals surface area contributed by atoms with Gasteiger partial charge in [0.05, 0.1) is 6.54 Å². The molecular weight excluding hydrogens is 344 g/mol. The first-order valence-electron chi connectivity index (χ1n) is 8.11. The molecule has 0 aromatic carbocycles. The molecule has 2 aromatic heterocycles. The summed E-state index contributed by atoms with van der Waals surface area (Å²) >= 11 is 3.06. The molecule has 1 unspecified atom stereocenters. The van der Waals surface area contributed by atoms with Crippen LogP contribution in [0.15, 0.2) is 16.7 Å². The zero-order valence-corrected chi connectivity index (χ0v) is 15.6. The summed E-state index contributed by atoms with van der Waals surface area (Å²) in [5.41, 5.74) is 0. The third kappa shape index (κ3) is 4.34. The SMILES string of the molecule is CCSc1nnc(NC(=O)CN2CCCC(c3nccn3C)C2)s1. The quantitative estimate of drug-likeness (QED) is 0.624. The van der Waals surface area contributed by atoms with Gasteiger partial charge in [-0.15, -0.1) is 10.2 Å². The van der Waals surface area contributed by atoms with Crippen molar-refractivity contribution >= 4 is 34.1 Å². The molecule has 1 amide bonds. The molecular formula is C15H22N6OS2. The topological polar surface area (TPSA) is 75.9 Å². The van der Waals surface area contributed by atoms with E-state index in [1.807, 2.05) is 19.4 Å². The largest absolute Gasteiger partial charge is 0.338 e. The minimum Gasteiger partial charge on any atom is -0.338 e. The van der Waals surface area contributed by atoms with Crippen molar-refractivity contribution in [3.63, 3.8) is 0 Å². The molecule has 0 radical (unpaired) electrons. The molecule has 1 N–H and O–H groups in total. The molecule has 0 bridgehead atoms. The number of carbonyl (C=O) groups excluding carboxylic acids is 1. The number of amides is 1. The number of hydrogen-bond donors (Lipinski definition) is 1. The minimum absolute atomic E-state index is 0.0281. The fourth-order valence-corrected chi connectivity index (χ4v) is 4.65. The average molecular weight is 367 g/mol. The summed E-state index contributed by atoms with van der Waals surface area (Å²) in [6.07, 6.45) is 6.02. The number of thioether (sulfide) groups is 1. The van der Waals surface area contributed by atoms with E-state index in [4.69, 9.17) is 0 Å². The molecule has 9 heteroatoms. The second-order valence-corrected chi connectivity index (χ2v) is 8.31. The molecule has 2 aromatic rings. The van der Waals surface area contributed by atoms with Gasteiger partial charge < -0.3 is 4.57 Å². The van der Waals surface area contributed by atoms with Gasteiger partial charge >= 0.3 is 0 Å². The molecule has 24 heavy (non-hydrogen) atoms. The van der Waals surface area contributed by atoms with E-state index in [9.17, 15) is 4.79 Å². The molecule has 0 aliphatic carbocycles. The zero-order chi connectivity index (χ0) is 16.9. The maximum atomic E-state index is 12.3. The van der Waals surface area contributed by atoms with Crippen molar-refractivity contribution in [1.82, 2.24) is 24.6 Å². The van der Waals surface area contributed by atoms with E-state index in [-0.39, 0.29) is 5.91 Å². The number of carbonyl (C=O) groups is 1. The number of rotatable bonds is 6. The van der Waals surface area contributed by atoms with Crippen molar-refractivity contribution in [1.29, 1.82) is 0 Å². The van der Waals surface area contributed by atoms with Gasteiger partial charge in [-0.25, -0.2) is 4.98 Å². The van der Waals surface area contributed by atoms with E-state index in [2.05, 4.69) is 36.9 Å². The van der Waals surface area contributed by atoms with E-state index in [0.717, 1.165) is 41.8 Å². The highest BCUT2D eigenvalue weighted by molar-refractivity contribution is 8.01. The van der Waals surface area contributed by atoms with Crippen LogP contribution < -0.4 is 5.32 Å². The Morgan fingerprint density at radius 3 is 3.12 bits per heavy atom. The fourth-order valence-electron chi connectivity index (χ4n) is 2.98. The van der Waals surface area contributed by atoms with Gasteiger partial charge in [0.25, 0.3) is 0 Å². The van der Waals surface area contributed by atoms with Crippen LogP contribution in [0.3, 0.4) is 0 Å². The summed E-state index contributed by atoms with van der Waals surface area (Å²) in [7, 11) is 2.02. The third-order valence-corrected chi connectivity index (χ3v) is 5.87. The van der Waals surface area contributed by atoms with Crippen LogP contribution in [0, 0.1) is 0 Å². The van der Waals surface area contributed by atoms with Gasteiger partial charge in [-0.3, -0.25) is 15.0 Å². The number of nitrogens with zero attached hydrogens (tertiary/aromatic N) is 5. The molecule has 1 aliphatic heterocycles. The Morgan fingerprint density at radius 2 is 2.38 bits per heavy atom. The molecule has 3 rings (SSSR count). The molecule has 1 fully saturated rings. The van der Waals surface area contributed by atoms with Crippen LogP contribution in [0.2, 0.25) is 0 Å². The Labute approximate surface area is 149 Å². The van der Waals surface area contributed by atoms with E-state index in [1.165, 1.54) is 11.3 Å². The standard InChI is InChI=1S/C15H22N6OS2/c1-3-23-15-19-18-14(24-15)17-12(22)10-21-7-4-5-11(9-21)13-16-6-8-20(13)2/h6,8,11H,3-5,7,9-10H2,1-2H3,(H,17,18,22). The maximum absolute atomic E-state index is 12.3. The van der Waals surface area contributed by atoms with Gasteiger partial charge in [0.1, 0.15) is 5.82 Å². The lowest BCUT2D eigenvalue weighted by Gasteiger charge is -2.31. The summed E-state index contributed by atoms with van der Waals surface area (Å²) in [4.78, 5) is 18.9. The van der Waals surface area contributed by atoms with Gasteiger partial charge in [-0.1, -0.05) is 30.0 Å². The predicted molar refractivity (Wildman–Crippen MR) is 96.6 cm³/mol. The number of hydrogen-bond acceptors (Lipinski definition) is 7. The average Bonchev–Trinajstić information content (AvgIpc) is 3.17. The Kier molecular flexibility index (Phi) is 5.85. The normalized spacial score (nSPS) is 18.7. The number of nitrogens with one attached hydrogen (secondary N) is 1. The summed E-state index contributed by atoms with van der Waals surface area (Å²) in [6.45, 7) is 4.27. The van der Waals surface area contributed by atoms with Crippen LogP contribution in [0.5, 0.6) is 0 Å². The number of aryl methyl sites for hydroxylation is 1. The van der Waals surface area contributed by atoms with E-state index < -0.39 is 0 Å². The van der Waals surface area contributed by atoms with E-state index in [1.54, 1.807) is 11.8 Å². The van der Waals surface area contributed by atoms with Gasteiger partial charge in [0.2, 0.25) is 11.0 Å². The first-order valence-corrected chi connectivity index (χ1v) is 9.91. The number of likely N-dealkylation sites (tertiary alicyclic amines) is 1. The van der Waals surface area contributed by atoms with Crippen LogP contribution in [-0.2, 0) is 11.8 Å². The molecule has 7 nitrogen and oxygen atoms in total. The number of aromatic nitrogens is 4. The minimum atomic E-state index is -0.0281. The maximum Gasteiger partial charge on any atom is 0.240 e. The van der Waals surface area contributed by atoms with Crippen LogP contribution >= 0.6 is 23.1 Å². The number of anilines is 1. The Morgan fingerprint density at radius 1 is 1.50 bits per heavy atom. The zero-order valence-electron chi connectivity index (χ0n) is 13.9. The summed E-state index contributed by atoms with van der Waals surface area (Å²) in [5.74, 6) is 2.41. The van der Waals surface area contributed by atoms with E-state index >= 15 is 0 Å². The van der Waals surface area contributed by atoms with Crippen molar-refractivity contribution in [2.75, 3.05) is 30.7 Å². The summed E-state index contributed by atoms with van der Waals surface area (Å²) in [5, 5.41) is 11.5. The number of piperidine rings is 1. The smallest absolute Gasteiger partial charge is 0.240 e. The summed E-state index contributed by atoms with van der Waals surface area (Å²) in [6, 6.07) is 0. The van der Waals surface area contributed by atoms with E-state index in [0.29, 0.717) is 17.6 Å². The van der Waals surface area contributed by atoms with Crippen molar-refractivity contribution < 1.29 is 4.79 Å². The monoisotopic (exact) mass is 366 g/mol. The molecule has 1 saturated heterocycles. The highest BCUT2D eigenvalue weighted by atomic mass is 32.2. The van der Waals surface area contributed by atoms with Gasteiger partial charge in [-0.05, 0) is 25.1 Å². The first-order chi connectivity index (χ1) is 11.7. The van der Waals surface area contributed by atoms with Crippen LogP contribution in [0.1, 0.15) is 31.5 Å². The lowest BCUT2D eigenvalue weighted by atomic mass is 9.97. The van der Waals surface area contributed by atoms with Gasteiger partial charge in [-0.2, -0.15) is 0 Å². The Balaban J connectivity index is 1.53. The van der Waals surface area contributed by atoms with Crippen molar-refractivity contribution in [3.05, 3.63) is 18.2 Å². The van der Waals surface area contributed by atoms with Crippen molar-refractivity contribution in [2.45, 2.75) is 30.0 Å². The summed E-state index contributed by atoms with van der Waals surface area (Å²) < 4.78 is 2.96. The highest BCUT2D eigenvalue weighted by Crippen LogP contribution is 2.26. The third-order valence-electron chi connectivity index (χ3n) is 4.02. The molecule has 130 valence electrons. The van der Waals surface area contributed by atoms with Gasteiger partial charge in [0, 0.05) is 31.9 Å². The molecule has 0 saturated carbocycles. The highest BCUT2D eigenvalue weighted by Gasteiger charge is 2.25. The van der Waals surface area contributed by atoms with Crippen LogP contribution in [0.25, 0.3) is 0 Å². The Hall–Kier alpha value is -1.45. The molecule has 3 heterocycles. The second kappa shape index (κ2) is 8.09.